The third kappa shape index (κ3) is 4.26. The lowest BCUT2D eigenvalue weighted by molar-refractivity contribution is 0.0390. The van der Waals surface area contributed by atoms with Crippen LogP contribution in [0.3, 0.4) is 0 Å². The van der Waals surface area contributed by atoms with Crippen LogP contribution >= 0.6 is 0 Å². The molecule has 0 amide bonds. The first-order valence-corrected chi connectivity index (χ1v) is 7.87. The van der Waals surface area contributed by atoms with Crippen molar-refractivity contribution in [1.82, 2.24) is 10.1 Å². The Hall–Kier alpha value is -3.09. The maximum Gasteiger partial charge on any atom is 0.375 e. The highest BCUT2D eigenvalue weighted by atomic mass is 16.6. The standard InChI is InChI=1S/C18H18N2O5/c1-12(2)17-19-15(25-20-17)11-24-18(21)16-13(8-9-22-16)10-23-14-6-4-3-5-7-14/h3-9,12H,10-11H2,1-2H3. The monoisotopic (exact) mass is 342 g/mol. The minimum atomic E-state index is -0.610. The topological polar surface area (TPSA) is 87.6 Å². The Balaban J connectivity index is 1.58. The van der Waals surface area contributed by atoms with E-state index in [0.717, 1.165) is 0 Å². The molecule has 7 heteroatoms. The van der Waals surface area contributed by atoms with E-state index < -0.39 is 5.97 Å². The largest absolute Gasteiger partial charge is 0.489 e. The zero-order valence-electron chi connectivity index (χ0n) is 14.0. The number of carbonyl (C=O) groups excluding carboxylic acids is 1. The summed E-state index contributed by atoms with van der Waals surface area (Å²) in [5.74, 6) is 1.14. The van der Waals surface area contributed by atoms with Crippen molar-refractivity contribution in [3.8, 4) is 5.75 Å². The summed E-state index contributed by atoms with van der Waals surface area (Å²) in [5, 5.41) is 3.82. The molecule has 0 N–H and O–H groups in total. The van der Waals surface area contributed by atoms with E-state index in [4.69, 9.17) is 18.4 Å². The van der Waals surface area contributed by atoms with Gasteiger partial charge in [-0.2, -0.15) is 4.98 Å². The van der Waals surface area contributed by atoms with Crippen LogP contribution in [-0.2, 0) is 18.0 Å². The van der Waals surface area contributed by atoms with Crippen LogP contribution in [0.15, 0.2) is 51.6 Å². The molecule has 2 aromatic heterocycles. The van der Waals surface area contributed by atoms with Crippen molar-refractivity contribution in [1.29, 1.82) is 0 Å². The molecule has 0 aliphatic heterocycles. The zero-order valence-corrected chi connectivity index (χ0v) is 14.0. The molecule has 0 bridgehead atoms. The van der Waals surface area contributed by atoms with Crippen molar-refractivity contribution in [3.63, 3.8) is 0 Å². The van der Waals surface area contributed by atoms with Gasteiger partial charge in [0, 0.05) is 11.5 Å². The van der Waals surface area contributed by atoms with Crippen LogP contribution in [0, 0.1) is 0 Å². The summed E-state index contributed by atoms with van der Waals surface area (Å²) in [4.78, 5) is 16.3. The molecule has 0 fully saturated rings. The summed E-state index contributed by atoms with van der Waals surface area (Å²) >= 11 is 0. The highest BCUT2D eigenvalue weighted by Crippen LogP contribution is 2.17. The molecule has 25 heavy (non-hydrogen) atoms. The molecular weight excluding hydrogens is 324 g/mol. The van der Waals surface area contributed by atoms with E-state index in [1.807, 2.05) is 44.2 Å². The Morgan fingerprint density at radius 1 is 1.16 bits per heavy atom. The predicted molar refractivity (Wildman–Crippen MR) is 87.0 cm³/mol. The van der Waals surface area contributed by atoms with Gasteiger partial charge >= 0.3 is 5.97 Å². The maximum atomic E-state index is 12.2. The number of carbonyl (C=O) groups is 1. The number of hydrogen-bond donors (Lipinski definition) is 0. The Morgan fingerprint density at radius 3 is 2.68 bits per heavy atom. The zero-order chi connectivity index (χ0) is 17.6. The van der Waals surface area contributed by atoms with Crippen molar-refractivity contribution in [2.75, 3.05) is 0 Å². The fraction of sp³-hybridized carbons (Fsp3) is 0.278. The molecule has 130 valence electrons. The average molecular weight is 342 g/mol. The molecule has 0 aliphatic carbocycles. The van der Waals surface area contributed by atoms with Crippen molar-refractivity contribution < 1.29 is 23.2 Å². The Bertz CT molecular complexity index is 823. The quantitative estimate of drug-likeness (QED) is 0.605. The molecule has 0 unspecified atom stereocenters. The smallest absolute Gasteiger partial charge is 0.375 e. The molecule has 3 aromatic rings. The van der Waals surface area contributed by atoms with E-state index in [1.165, 1.54) is 6.26 Å². The molecule has 0 saturated carbocycles. The number of aromatic nitrogens is 2. The van der Waals surface area contributed by atoms with Crippen molar-refractivity contribution in [2.24, 2.45) is 0 Å². The lowest BCUT2D eigenvalue weighted by atomic mass is 10.2. The van der Waals surface area contributed by atoms with E-state index >= 15 is 0 Å². The maximum absolute atomic E-state index is 12.2. The van der Waals surface area contributed by atoms with Gasteiger partial charge in [0.05, 0.1) is 6.26 Å². The lowest BCUT2D eigenvalue weighted by Gasteiger charge is -2.06. The SMILES string of the molecule is CC(C)c1noc(COC(=O)c2occc2COc2ccccc2)n1. The molecule has 0 saturated heterocycles. The van der Waals surface area contributed by atoms with Gasteiger partial charge in [0.2, 0.25) is 5.76 Å². The summed E-state index contributed by atoms with van der Waals surface area (Å²) in [5.41, 5.74) is 0.599. The summed E-state index contributed by atoms with van der Waals surface area (Å²) in [6.45, 7) is 3.98. The normalized spacial score (nSPS) is 10.8. The van der Waals surface area contributed by atoms with Crippen molar-refractivity contribution >= 4 is 5.97 Å². The minimum absolute atomic E-state index is 0.0968. The number of furan rings is 1. The van der Waals surface area contributed by atoms with Gasteiger partial charge in [0.1, 0.15) is 12.4 Å². The second-order valence-electron chi connectivity index (χ2n) is 5.65. The van der Waals surface area contributed by atoms with E-state index in [1.54, 1.807) is 6.07 Å². The van der Waals surface area contributed by atoms with Crippen LogP contribution in [0.25, 0.3) is 0 Å². The van der Waals surface area contributed by atoms with Crippen LogP contribution in [0.2, 0.25) is 0 Å². The lowest BCUT2D eigenvalue weighted by Crippen LogP contribution is -2.08. The number of rotatable bonds is 7. The average Bonchev–Trinajstić information content (AvgIpc) is 3.28. The molecule has 0 atom stereocenters. The van der Waals surface area contributed by atoms with Crippen LogP contribution in [-0.4, -0.2) is 16.1 Å². The van der Waals surface area contributed by atoms with Crippen LogP contribution in [0.4, 0.5) is 0 Å². The number of esters is 1. The summed E-state index contributed by atoms with van der Waals surface area (Å²) in [7, 11) is 0. The number of ether oxygens (including phenoxy) is 2. The first-order valence-electron chi connectivity index (χ1n) is 7.87. The summed E-state index contributed by atoms with van der Waals surface area (Å²) in [6, 6.07) is 11.0. The number of hydrogen-bond acceptors (Lipinski definition) is 7. The van der Waals surface area contributed by atoms with Gasteiger partial charge < -0.3 is 18.4 Å². The third-order valence-electron chi connectivity index (χ3n) is 3.40. The van der Waals surface area contributed by atoms with Crippen LogP contribution in [0.1, 0.15) is 47.6 Å². The molecule has 1 aromatic carbocycles. The van der Waals surface area contributed by atoms with Gasteiger partial charge in [-0.15, -0.1) is 0 Å². The highest BCUT2D eigenvalue weighted by molar-refractivity contribution is 5.87. The van der Waals surface area contributed by atoms with Gasteiger partial charge in [-0.1, -0.05) is 37.2 Å². The molecule has 2 heterocycles. The molecular formula is C18H18N2O5. The van der Waals surface area contributed by atoms with Crippen molar-refractivity contribution in [2.45, 2.75) is 33.0 Å². The summed E-state index contributed by atoms with van der Waals surface area (Å²) in [6.07, 6.45) is 1.42. The van der Waals surface area contributed by atoms with Gasteiger partial charge in [-0.3, -0.25) is 0 Å². The minimum Gasteiger partial charge on any atom is -0.489 e. The Kier molecular flexibility index (Phi) is 5.13. The third-order valence-corrected chi connectivity index (χ3v) is 3.40. The number of para-hydroxylation sites is 1. The number of benzene rings is 1. The second kappa shape index (κ2) is 7.65. The van der Waals surface area contributed by atoms with Gasteiger partial charge in [-0.25, -0.2) is 4.79 Å². The first kappa shape index (κ1) is 16.8. The Morgan fingerprint density at radius 2 is 1.96 bits per heavy atom. The van der Waals surface area contributed by atoms with E-state index in [-0.39, 0.29) is 30.8 Å². The highest BCUT2D eigenvalue weighted by Gasteiger charge is 2.19. The summed E-state index contributed by atoms with van der Waals surface area (Å²) < 4.78 is 21.1. The van der Waals surface area contributed by atoms with E-state index in [0.29, 0.717) is 17.1 Å². The van der Waals surface area contributed by atoms with Crippen LogP contribution < -0.4 is 4.74 Å². The molecule has 0 spiro atoms. The van der Waals surface area contributed by atoms with Gasteiger partial charge in [0.25, 0.3) is 5.89 Å². The second-order valence-corrected chi connectivity index (χ2v) is 5.65. The van der Waals surface area contributed by atoms with Crippen LogP contribution in [0.5, 0.6) is 5.75 Å². The van der Waals surface area contributed by atoms with Gasteiger partial charge in [0.15, 0.2) is 12.4 Å². The first-order chi connectivity index (χ1) is 12.1. The van der Waals surface area contributed by atoms with E-state index in [2.05, 4.69) is 10.1 Å². The number of nitrogens with zero attached hydrogens (tertiary/aromatic N) is 2. The molecule has 3 rings (SSSR count). The fourth-order valence-corrected chi connectivity index (χ4v) is 2.06. The van der Waals surface area contributed by atoms with Crippen molar-refractivity contribution in [3.05, 3.63) is 65.7 Å². The van der Waals surface area contributed by atoms with Gasteiger partial charge in [-0.05, 0) is 18.2 Å². The molecule has 7 nitrogen and oxygen atoms in total. The van der Waals surface area contributed by atoms with E-state index in [9.17, 15) is 4.79 Å². The molecule has 0 radical (unpaired) electrons. The Labute approximate surface area is 144 Å². The predicted octanol–water partition coefficient (Wildman–Crippen LogP) is 3.72. The molecule has 0 aliphatic rings. The fourth-order valence-electron chi connectivity index (χ4n) is 2.06.